The van der Waals surface area contributed by atoms with Gasteiger partial charge in [0.15, 0.2) is 0 Å². The fraction of sp³-hybridized carbons (Fsp3) is 0.294. The quantitative estimate of drug-likeness (QED) is 0.821. The molecule has 1 N–H and O–H groups in total. The van der Waals surface area contributed by atoms with Gasteiger partial charge in [0, 0.05) is 35.5 Å². The highest BCUT2D eigenvalue weighted by atomic mass is 79.9. The Morgan fingerprint density at radius 3 is 2.48 bits per heavy atom. The fourth-order valence-corrected chi connectivity index (χ4v) is 2.69. The van der Waals surface area contributed by atoms with E-state index in [1.807, 2.05) is 33.2 Å². The van der Waals surface area contributed by atoms with E-state index in [0.717, 1.165) is 15.8 Å². The molecule has 0 bridgehead atoms. The van der Waals surface area contributed by atoms with Gasteiger partial charge >= 0.3 is 0 Å². The maximum atomic E-state index is 14.0. The number of hydrogen-bond donors (Lipinski definition) is 1. The van der Waals surface area contributed by atoms with Crippen LogP contribution < -0.4 is 10.2 Å². The van der Waals surface area contributed by atoms with Crippen LogP contribution in [0.15, 0.2) is 40.9 Å². The number of anilines is 2. The SMILES string of the molecule is Cc1ccc(NC(C)c2ccc(Br)cc2F)cc1N(C)C. The smallest absolute Gasteiger partial charge is 0.129 e. The summed E-state index contributed by atoms with van der Waals surface area (Å²) in [7, 11) is 4.04. The van der Waals surface area contributed by atoms with Crippen LogP contribution in [0.3, 0.4) is 0 Å². The van der Waals surface area contributed by atoms with Gasteiger partial charge in [0.05, 0.1) is 6.04 Å². The summed E-state index contributed by atoms with van der Waals surface area (Å²) in [6, 6.07) is 11.2. The Bertz CT molecular complexity index is 641. The van der Waals surface area contributed by atoms with Crippen LogP contribution in [0.5, 0.6) is 0 Å². The van der Waals surface area contributed by atoms with Crippen molar-refractivity contribution in [1.82, 2.24) is 0 Å². The Hall–Kier alpha value is -1.55. The highest BCUT2D eigenvalue weighted by molar-refractivity contribution is 9.10. The lowest BCUT2D eigenvalue weighted by molar-refractivity contribution is 0.599. The normalized spacial score (nSPS) is 12.1. The number of nitrogens with zero attached hydrogens (tertiary/aromatic N) is 1. The van der Waals surface area contributed by atoms with Gasteiger partial charge in [-0.05, 0) is 43.7 Å². The summed E-state index contributed by atoms with van der Waals surface area (Å²) in [6.45, 7) is 4.04. The molecule has 0 spiro atoms. The van der Waals surface area contributed by atoms with Crippen LogP contribution in [0.2, 0.25) is 0 Å². The lowest BCUT2D eigenvalue weighted by Crippen LogP contribution is -2.12. The molecule has 0 aliphatic heterocycles. The van der Waals surface area contributed by atoms with E-state index in [0.29, 0.717) is 5.56 Å². The summed E-state index contributed by atoms with van der Waals surface area (Å²) in [5.41, 5.74) is 4.01. The molecule has 112 valence electrons. The van der Waals surface area contributed by atoms with Crippen molar-refractivity contribution in [3.63, 3.8) is 0 Å². The predicted molar refractivity (Wildman–Crippen MR) is 91.6 cm³/mol. The molecule has 4 heteroatoms. The van der Waals surface area contributed by atoms with Crippen LogP contribution in [0, 0.1) is 12.7 Å². The Morgan fingerprint density at radius 2 is 1.86 bits per heavy atom. The first-order valence-electron chi connectivity index (χ1n) is 6.88. The average Bonchev–Trinajstić information content (AvgIpc) is 2.40. The minimum absolute atomic E-state index is 0.101. The van der Waals surface area contributed by atoms with Gasteiger partial charge in [-0.1, -0.05) is 28.1 Å². The Balaban J connectivity index is 2.23. The second kappa shape index (κ2) is 6.48. The van der Waals surface area contributed by atoms with E-state index >= 15 is 0 Å². The van der Waals surface area contributed by atoms with Gasteiger partial charge in [-0.2, -0.15) is 0 Å². The van der Waals surface area contributed by atoms with Crippen LogP contribution >= 0.6 is 15.9 Å². The molecule has 0 saturated heterocycles. The molecule has 2 rings (SSSR count). The van der Waals surface area contributed by atoms with Crippen molar-refractivity contribution in [3.05, 3.63) is 57.8 Å². The summed E-state index contributed by atoms with van der Waals surface area (Å²) >= 11 is 3.28. The molecular weight excluding hydrogens is 331 g/mol. The molecule has 0 radical (unpaired) electrons. The summed E-state index contributed by atoms with van der Waals surface area (Å²) < 4.78 is 14.7. The third kappa shape index (κ3) is 3.76. The van der Waals surface area contributed by atoms with Gasteiger partial charge in [0.2, 0.25) is 0 Å². The monoisotopic (exact) mass is 350 g/mol. The number of benzene rings is 2. The molecule has 0 fully saturated rings. The maximum Gasteiger partial charge on any atom is 0.129 e. The molecular formula is C17H20BrFN2. The van der Waals surface area contributed by atoms with Crippen molar-refractivity contribution in [2.45, 2.75) is 19.9 Å². The molecule has 0 saturated carbocycles. The lowest BCUT2D eigenvalue weighted by atomic mass is 10.1. The molecule has 0 amide bonds. The molecule has 0 heterocycles. The number of nitrogens with one attached hydrogen (secondary N) is 1. The molecule has 0 aliphatic carbocycles. The van der Waals surface area contributed by atoms with Gasteiger partial charge in [-0.25, -0.2) is 4.39 Å². The van der Waals surface area contributed by atoms with Gasteiger partial charge in [-0.15, -0.1) is 0 Å². The van der Waals surface area contributed by atoms with Crippen molar-refractivity contribution in [3.8, 4) is 0 Å². The standard InChI is InChI=1S/C17H20BrFN2/c1-11-5-7-14(10-17(11)21(3)4)20-12(2)15-8-6-13(18)9-16(15)19/h5-10,12,20H,1-4H3. The van der Waals surface area contributed by atoms with E-state index in [1.165, 1.54) is 11.6 Å². The first-order chi connectivity index (χ1) is 9.88. The molecule has 1 unspecified atom stereocenters. The van der Waals surface area contributed by atoms with Gasteiger partial charge in [0.25, 0.3) is 0 Å². The lowest BCUT2D eigenvalue weighted by Gasteiger charge is -2.20. The van der Waals surface area contributed by atoms with Crippen molar-refractivity contribution < 1.29 is 4.39 Å². The van der Waals surface area contributed by atoms with Crippen LogP contribution in [-0.4, -0.2) is 14.1 Å². The van der Waals surface area contributed by atoms with E-state index < -0.39 is 0 Å². The summed E-state index contributed by atoms with van der Waals surface area (Å²) in [6.07, 6.45) is 0. The van der Waals surface area contributed by atoms with E-state index in [1.54, 1.807) is 6.07 Å². The Labute approximate surface area is 134 Å². The van der Waals surface area contributed by atoms with Crippen molar-refractivity contribution >= 4 is 27.3 Å². The maximum absolute atomic E-state index is 14.0. The van der Waals surface area contributed by atoms with Gasteiger partial charge in [-0.3, -0.25) is 0 Å². The Morgan fingerprint density at radius 1 is 1.14 bits per heavy atom. The highest BCUT2D eigenvalue weighted by Gasteiger charge is 2.12. The molecule has 2 nitrogen and oxygen atoms in total. The number of rotatable bonds is 4. The molecule has 0 aromatic heterocycles. The molecule has 2 aromatic carbocycles. The largest absolute Gasteiger partial charge is 0.378 e. The number of hydrogen-bond acceptors (Lipinski definition) is 2. The zero-order valence-electron chi connectivity index (χ0n) is 12.7. The summed E-state index contributed by atoms with van der Waals surface area (Å²) in [5.74, 6) is -0.204. The third-order valence-corrected chi connectivity index (χ3v) is 4.00. The highest BCUT2D eigenvalue weighted by Crippen LogP contribution is 2.27. The minimum Gasteiger partial charge on any atom is -0.378 e. The van der Waals surface area contributed by atoms with E-state index in [2.05, 4.69) is 45.2 Å². The first kappa shape index (κ1) is 15.8. The zero-order chi connectivity index (χ0) is 15.6. The third-order valence-electron chi connectivity index (χ3n) is 3.50. The van der Waals surface area contributed by atoms with Gasteiger partial charge in [0.1, 0.15) is 5.82 Å². The van der Waals surface area contributed by atoms with Crippen molar-refractivity contribution in [2.24, 2.45) is 0 Å². The van der Waals surface area contributed by atoms with Gasteiger partial charge < -0.3 is 10.2 Å². The molecule has 2 aromatic rings. The van der Waals surface area contributed by atoms with Crippen LogP contribution in [0.4, 0.5) is 15.8 Å². The van der Waals surface area contributed by atoms with E-state index in [-0.39, 0.29) is 11.9 Å². The Kier molecular flexibility index (Phi) is 4.88. The topological polar surface area (TPSA) is 15.3 Å². The predicted octanol–water partition coefficient (Wildman–Crippen LogP) is 5.14. The number of halogens is 2. The molecule has 1 atom stereocenters. The first-order valence-corrected chi connectivity index (χ1v) is 7.67. The van der Waals surface area contributed by atoms with Crippen LogP contribution in [0.25, 0.3) is 0 Å². The van der Waals surface area contributed by atoms with Crippen molar-refractivity contribution in [2.75, 3.05) is 24.3 Å². The van der Waals surface area contributed by atoms with Crippen LogP contribution in [0.1, 0.15) is 24.1 Å². The van der Waals surface area contributed by atoms with E-state index in [9.17, 15) is 4.39 Å². The van der Waals surface area contributed by atoms with Crippen LogP contribution in [-0.2, 0) is 0 Å². The van der Waals surface area contributed by atoms with E-state index in [4.69, 9.17) is 0 Å². The minimum atomic E-state index is -0.204. The fourth-order valence-electron chi connectivity index (χ4n) is 2.36. The second-order valence-electron chi connectivity index (χ2n) is 5.43. The summed E-state index contributed by atoms with van der Waals surface area (Å²) in [5, 5.41) is 3.36. The molecule has 0 aliphatic rings. The number of aryl methyl sites for hydroxylation is 1. The zero-order valence-corrected chi connectivity index (χ0v) is 14.3. The summed E-state index contributed by atoms with van der Waals surface area (Å²) in [4.78, 5) is 2.07. The molecule has 21 heavy (non-hydrogen) atoms. The van der Waals surface area contributed by atoms with Crippen molar-refractivity contribution in [1.29, 1.82) is 0 Å². The second-order valence-corrected chi connectivity index (χ2v) is 6.34. The average molecular weight is 351 g/mol.